The van der Waals surface area contributed by atoms with Gasteiger partial charge in [0.15, 0.2) is 0 Å². The highest BCUT2D eigenvalue weighted by Gasteiger charge is 2.31. The summed E-state index contributed by atoms with van der Waals surface area (Å²) in [5.74, 6) is 1.36. The fourth-order valence-corrected chi connectivity index (χ4v) is 5.26. The Morgan fingerprint density at radius 3 is 2.66 bits per heavy atom. The van der Waals surface area contributed by atoms with Gasteiger partial charge in [0.05, 0.1) is 23.5 Å². The molecule has 2 fully saturated rings. The second kappa shape index (κ2) is 10.4. The highest BCUT2D eigenvalue weighted by Crippen LogP contribution is 2.45. The number of carbonyl (C=O) groups is 1. The first kappa shape index (κ1) is 24.4. The third kappa shape index (κ3) is 5.08. The van der Waals surface area contributed by atoms with Crippen molar-refractivity contribution in [3.63, 3.8) is 0 Å². The van der Waals surface area contributed by atoms with E-state index in [1.807, 2.05) is 54.2 Å². The van der Waals surface area contributed by atoms with Gasteiger partial charge in [0.1, 0.15) is 11.9 Å². The quantitative estimate of drug-likeness (QED) is 0.232. The Bertz CT molecular complexity index is 1400. The molecule has 0 bridgehead atoms. The van der Waals surface area contributed by atoms with E-state index >= 15 is 0 Å². The van der Waals surface area contributed by atoms with Crippen molar-refractivity contribution in [3.8, 4) is 17.0 Å². The number of nitrogen functional groups attached to an aromatic ring is 1. The molecule has 0 radical (unpaired) electrons. The maximum atomic E-state index is 12.3. The summed E-state index contributed by atoms with van der Waals surface area (Å²) in [5.41, 5.74) is 11.4. The first-order chi connectivity index (χ1) is 18.6. The Balaban J connectivity index is 1.21. The molecule has 3 N–H and O–H groups in total. The maximum Gasteiger partial charge on any atom is 0.411 e. The molecule has 6 rings (SSSR count). The number of rotatable bonds is 10. The number of amides is 1. The molecule has 0 saturated heterocycles. The van der Waals surface area contributed by atoms with Crippen molar-refractivity contribution < 1.29 is 14.3 Å². The molecule has 2 aliphatic rings. The number of hydrogen-bond donors (Lipinski definition) is 2. The Kier molecular flexibility index (Phi) is 6.70. The van der Waals surface area contributed by atoms with Gasteiger partial charge in [-0.15, -0.1) is 0 Å². The van der Waals surface area contributed by atoms with Gasteiger partial charge in [-0.1, -0.05) is 12.1 Å². The lowest BCUT2D eigenvalue weighted by Gasteiger charge is -2.30. The molecular formula is C30H35N5O3. The van der Waals surface area contributed by atoms with Crippen molar-refractivity contribution in [1.82, 2.24) is 14.3 Å². The molecule has 2 saturated carbocycles. The SMILES string of the molecule is CC(OC(=O)Nc1ccc(-c2c(N)c3ccc(OCCCn4cccn4)cc3n2C2CCC2)cc1)C1CC1. The van der Waals surface area contributed by atoms with Crippen LogP contribution in [0.5, 0.6) is 5.75 Å². The summed E-state index contributed by atoms with van der Waals surface area (Å²) < 4.78 is 15.9. The Hall–Kier alpha value is -3.94. The number of nitrogens with zero attached hydrogens (tertiary/aromatic N) is 3. The van der Waals surface area contributed by atoms with Crippen LogP contribution in [-0.2, 0) is 11.3 Å². The molecule has 8 nitrogen and oxygen atoms in total. The van der Waals surface area contributed by atoms with Crippen molar-refractivity contribution in [1.29, 1.82) is 0 Å². The molecule has 4 aromatic rings. The van der Waals surface area contributed by atoms with Crippen LogP contribution in [0.4, 0.5) is 16.2 Å². The van der Waals surface area contributed by atoms with Crippen LogP contribution in [0.1, 0.15) is 51.5 Å². The largest absolute Gasteiger partial charge is 0.493 e. The van der Waals surface area contributed by atoms with Gasteiger partial charge >= 0.3 is 6.09 Å². The first-order valence-corrected chi connectivity index (χ1v) is 13.7. The Morgan fingerprint density at radius 2 is 1.97 bits per heavy atom. The molecule has 1 atom stereocenters. The summed E-state index contributed by atoms with van der Waals surface area (Å²) in [6.45, 7) is 3.40. The molecule has 2 aromatic carbocycles. The zero-order chi connectivity index (χ0) is 26.1. The normalized spacial score (nSPS) is 16.2. The van der Waals surface area contributed by atoms with Crippen LogP contribution in [0.15, 0.2) is 60.9 Å². The number of carbonyl (C=O) groups excluding carboxylic acids is 1. The van der Waals surface area contributed by atoms with E-state index in [4.69, 9.17) is 15.2 Å². The molecule has 2 heterocycles. The minimum absolute atomic E-state index is 0.0440. The van der Waals surface area contributed by atoms with Crippen LogP contribution in [0.3, 0.4) is 0 Å². The van der Waals surface area contributed by atoms with Gasteiger partial charge in [0.2, 0.25) is 0 Å². The lowest BCUT2D eigenvalue weighted by molar-refractivity contribution is 0.108. The van der Waals surface area contributed by atoms with E-state index < -0.39 is 6.09 Å². The van der Waals surface area contributed by atoms with Gasteiger partial charge in [0.25, 0.3) is 0 Å². The van der Waals surface area contributed by atoms with Crippen LogP contribution in [0, 0.1) is 5.92 Å². The van der Waals surface area contributed by atoms with Gasteiger partial charge in [-0.05, 0) is 75.3 Å². The average molecular weight is 514 g/mol. The summed E-state index contributed by atoms with van der Waals surface area (Å²) in [4.78, 5) is 12.3. The number of nitrogens with two attached hydrogens (primary N) is 1. The van der Waals surface area contributed by atoms with Crippen molar-refractivity contribution in [3.05, 3.63) is 60.9 Å². The summed E-state index contributed by atoms with van der Waals surface area (Å²) in [6, 6.07) is 16.4. The predicted molar refractivity (Wildman–Crippen MR) is 149 cm³/mol. The van der Waals surface area contributed by atoms with Gasteiger partial charge < -0.3 is 19.8 Å². The van der Waals surface area contributed by atoms with E-state index in [1.54, 1.807) is 6.20 Å². The molecule has 1 amide bonds. The number of aromatic nitrogens is 3. The highest BCUT2D eigenvalue weighted by atomic mass is 16.6. The molecule has 1 unspecified atom stereocenters. The minimum atomic E-state index is -0.405. The Labute approximate surface area is 222 Å². The molecule has 0 spiro atoms. The number of hydrogen-bond acceptors (Lipinski definition) is 5. The maximum absolute atomic E-state index is 12.3. The van der Waals surface area contributed by atoms with E-state index in [1.165, 1.54) is 6.42 Å². The number of nitrogens with one attached hydrogen (secondary N) is 1. The van der Waals surface area contributed by atoms with Gasteiger partial charge in [-0.3, -0.25) is 10.00 Å². The minimum Gasteiger partial charge on any atom is -0.493 e. The van der Waals surface area contributed by atoms with E-state index in [0.29, 0.717) is 24.3 Å². The average Bonchev–Trinajstić information content (AvgIpc) is 3.54. The molecule has 2 aliphatic carbocycles. The number of ether oxygens (including phenoxy) is 2. The number of fused-ring (bicyclic) bond motifs is 1. The lowest BCUT2D eigenvalue weighted by Crippen LogP contribution is -2.21. The summed E-state index contributed by atoms with van der Waals surface area (Å²) >= 11 is 0. The van der Waals surface area contributed by atoms with Crippen LogP contribution in [-0.4, -0.2) is 33.2 Å². The third-order valence-corrected chi connectivity index (χ3v) is 7.80. The summed E-state index contributed by atoms with van der Waals surface area (Å²) in [6.07, 6.45) is 9.95. The molecule has 2 aromatic heterocycles. The topological polar surface area (TPSA) is 96.3 Å². The molecule has 0 aliphatic heterocycles. The smallest absolute Gasteiger partial charge is 0.411 e. The standard InChI is InChI=1S/C30H35N5O3/c1-20(21-7-8-21)38-30(36)33-23-11-9-22(10-12-23)29-28(31)26-14-13-25(19-27(26)35(29)24-5-2-6-24)37-18-4-17-34-16-3-15-32-34/h3,9-16,19-21,24H,2,4-8,17-18,31H2,1H3,(H,33,36). The van der Waals surface area contributed by atoms with Crippen molar-refractivity contribution in [2.75, 3.05) is 17.7 Å². The third-order valence-electron chi connectivity index (χ3n) is 7.80. The van der Waals surface area contributed by atoms with Gasteiger partial charge in [-0.25, -0.2) is 4.79 Å². The zero-order valence-electron chi connectivity index (χ0n) is 21.8. The van der Waals surface area contributed by atoms with E-state index in [0.717, 1.165) is 72.2 Å². The van der Waals surface area contributed by atoms with Crippen LogP contribution in [0.25, 0.3) is 22.2 Å². The molecular weight excluding hydrogens is 478 g/mol. The van der Waals surface area contributed by atoms with E-state index in [2.05, 4.69) is 27.1 Å². The Morgan fingerprint density at radius 1 is 1.16 bits per heavy atom. The van der Waals surface area contributed by atoms with Crippen LogP contribution >= 0.6 is 0 Å². The predicted octanol–water partition coefficient (Wildman–Crippen LogP) is 6.63. The van der Waals surface area contributed by atoms with E-state index in [9.17, 15) is 4.79 Å². The molecule has 198 valence electrons. The number of anilines is 2. The fraction of sp³-hybridized carbons (Fsp3) is 0.400. The van der Waals surface area contributed by atoms with Crippen molar-refractivity contribution in [2.45, 2.75) is 64.1 Å². The van der Waals surface area contributed by atoms with Crippen molar-refractivity contribution in [2.24, 2.45) is 5.92 Å². The lowest BCUT2D eigenvalue weighted by atomic mass is 9.92. The number of aryl methyl sites for hydroxylation is 1. The highest BCUT2D eigenvalue weighted by molar-refractivity contribution is 6.01. The van der Waals surface area contributed by atoms with Crippen LogP contribution < -0.4 is 15.8 Å². The van der Waals surface area contributed by atoms with Gasteiger partial charge in [-0.2, -0.15) is 5.10 Å². The second-order valence-corrected chi connectivity index (χ2v) is 10.5. The first-order valence-electron chi connectivity index (χ1n) is 13.7. The van der Waals surface area contributed by atoms with Gasteiger partial charge in [0, 0.05) is 54.1 Å². The zero-order valence-corrected chi connectivity index (χ0v) is 21.8. The molecule has 8 heteroatoms. The monoisotopic (exact) mass is 513 g/mol. The second-order valence-electron chi connectivity index (χ2n) is 10.5. The number of benzene rings is 2. The van der Waals surface area contributed by atoms with Crippen LogP contribution in [0.2, 0.25) is 0 Å². The van der Waals surface area contributed by atoms with E-state index in [-0.39, 0.29) is 6.10 Å². The summed E-state index contributed by atoms with van der Waals surface area (Å²) in [5, 5.41) is 8.14. The molecule has 38 heavy (non-hydrogen) atoms. The summed E-state index contributed by atoms with van der Waals surface area (Å²) in [7, 11) is 0. The van der Waals surface area contributed by atoms with Crippen molar-refractivity contribution >= 4 is 28.4 Å². The fourth-order valence-electron chi connectivity index (χ4n) is 5.26.